The number of rotatable bonds is 12. The molecular formula is C116H72N8. The Kier molecular flexibility index (Phi) is 18.1. The molecule has 0 radical (unpaired) electrons. The predicted octanol–water partition coefficient (Wildman–Crippen LogP) is 30.1. The van der Waals surface area contributed by atoms with Crippen LogP contribution in [-0.4, -0.2) is 39.9 Å². The maximum absolute atomic E-state index is 5.31. The first-order chi connectivity index (χ1) is 61.4. The molecule has 0 aliphatic rings. The molecule has 576 valence electrons. The summed E-state index contributed by atoms with van der Waals surface area (Å²) in [4.78, 5) is 41.8. The average molecular weight is 1580 g/mol. The summed E-state index contributed by atoms with van der Waals surface area (Å²) in [5.41, 5.74) is 32.7. The SMILES string of the molecule is c1ccc(-c2ccc(-c3ccc4ccc(-c5ccc6ccc(-c7ccc(-c8ccc9ccc%10ccc(-c%11ccccc%11)nc%10c9n8)c8ccccc78)nc6c5)nc4c3)cc2)cc1.c1ccc(-c2cccc(-c3ccc4ccc(-c5ccc6ccc(-c7ccc(-c8ccc9ccc%10ccc(-c%11ccccc%11)nc%10c9n8)c8ccccc78)nc6c5)nc4c3)c2)cc1. The van der Waals surface area contributed by atoms with E-state index in [1.165, 1.54) is 33.4 Å². The second-order valence-electron chi connectivity index (χ2n) is 31.7. The van der Waals surface area contributed by atoms with Crippen molar-refractivity contribution in [1.29, 1.82) is 0 Å². The minimum Gasteiger partial charge on any atom is -0.248 e. The molecule has 8 heterocycles. The molecule has 0 amide bonds. The average Bonchev–Trinajstić information content (AvgIpc) is 0.754. The van der Waals surface area contributed by atoms with Crippen molar-refractivity contribution in [2.24, 2.45) is 0 Å². The lowest BCUT2D eigenvalue weighted by Gasteiger charge is -2.13. The van der Waals surface area contributed by atoms with E-state index in [0.717, 1.165) is 210 Å². The van der Waals surface area contributed by atoms with Gasteiger partial charge in [-0.1, -0.05) is 358 Å². The Morgan fingerprint density at radius 1 is 0.113 bits per heavy atom. The summed E-state index contributed by atoms with van der Waals surface area (Å²) in [5.74, 6) is 0. The van der Waals surface area contributed by atoms with E-state index in [9.17, 15) is 0 Å². The van der Waals surface area contributed by atoms with E-state index < -0.39 is 0 Å². The Labute approximate surface area is 715 Å². The first-order valence-electron chi connectivity index (χ1n) is 41.9. The lowest BCUT2D eigenvalue weighted by molar-refractivity contribution is 1.37. The van der Waals surface area contributed by atoms with Crippen LogP contribution in [0.25, 0.3) is 243 Å². The van der Waals surface area contributed by atoms with Gasteiger partial charge in [0.15, 0.2) is 0 Å². The smallest absolute Gasteiger partial charge is 0.0972 e. The van der Waals surface area contributed by atoms with E-state index in [1.807, 2.05) is 42.5 Å². The molecule has 124 heavy (non-hydrogen) atoms. The van der Waals surface area contributed by atoms with Gasteiger partial charge < -0.3 is 0 Å². The van der Waals surface area contributed by atoms with Crippen LogP contribution < -0.4 is 0 Å². The Bertz CT molecular complexity index is 8350. The van der Waals surface area contributed by atoms with Gasteiger partial charge in [0.2, 0.25) is 0 Å². The summed E-state index contributed by atoms with van der Waals surface area (Å²) in [6.07, 6.45) is 0. The first kappa shape index (κ1) is 72.5. The van der Waals surface area contributed by atoms with Crippen LogP contribution in [0.2, 0.25) is 0 Å². The minimum absolute atomic E-state index is 0.896. The van der Waals surface area contributed by atoms with E-state index >= 15 is 0 Å². The molecule has 0 saturated carbocycles. The van der Waals surface area contributed by atoms with Crippen LogP contribution in [0.3, 0.4) is 0 Å². The second-order valence-corrected chi connectivity index (χ2v) is 31.7. The zero-order valence-corrected chi connectivity index (χ0v) is 67.1. The van der Waals surface area contributed by atoms with Gasteiger partial charge >= 0.3 is 0 Å². The molecule has 0 atom stereocenters. The molecule has 8 nitrogen and oxygen atoms in total. The van der Waals surface area contributed by atoms with Crippen LogP contribution >= 0.6 is 0 Å². The normalized spacial score (nSPS) is 11.5. The summed E-state index contributed by atoms with van der Waals surface area (Å²) >= 11 is 0. The molecule has 0 aliphatic carbocycles. The number of aromatic nitrogens is 8. The standard InChI is InChI=1S/2C58H36N4/c1-3-10-37(11-4-1)43-14-9-15-44(34-43)45-22-18-39-24-30-52(59-55(39)35-45)46-23-19-40-25-32-53(60-56(40)36-46)49-28-29-50(48-17-8-7-16-47(48)49)54-33-27-42-21-20-41-26-31-51(38-12-5-2-6-13-38)61-57(41)58(42)62-54;1-3-9-37(10-4-1)38-15-17-39(18-16-38)45-23-19-41-25-31-52(59-55(41)35-45)46-24-20-42-26-33-53(60-56(42)36-46)49-29-30-50(48-14-8-7-13-47(48)49)54-34-28-44-22-21-43-27-32-51(40-11-5-2-6-12-40)61-57(43)58(44)62-54/h2*1-36H. The molecule has 0 saturated heterocycles. The van der Waals surface area contributed by atoms with Crippen LogP contribution in [0.4, 0.5) is 0 Å². The van der Waals surface area contributed by atoms with E-state index in [0.29, 0.717) is 0 Å². The van der Waals surface area contributed by atoms with Gasteiger partial charge in [0.25, 0.3) is 0 Å². The molecule has 0 bridgehead atoms. The van der Waals surface area contributed by atoms with Crippen LogP contribution in [0.15, 0.2) is 437 Å². The Balaban J connectivity index is 0.000000143. The van der Waals surface area contributed by atoms with E-state index in [-0.39, 0.29) is 0 Å². The fraction of sp³-hybridized carbons (Fsp3) is 0. The largest absolute Gasteiger partial charge is 0.248 e. The third-order valence-electron chi connectivity index (χ3n) is 24.1. The predicted molar refractivity (Wildman–Crippen MR) is 516 cm³/mol. The highest BCUT2D eigenvalue weighted by Crippen LogP contribution is 2.42. The van der Waals surface area contributed by atoms with Crippen LogP contribution in [0.1, 0.15) is 0 Å². The van der Waals surface area contributed by atoms with Gasteiger partial charge in [-0.05, 0) is 145 Å². The topological polar surface area (TPSA) is 103 Å². The molecule has 0 aliphatic heterocycles. The molecule has 0 fully saturated rings. The molecule has 0 unspecified atom stereocenters. The quantitative estimate of drug-likeness (QED) is 0.111. The van der Waals surface area contributed by atoms with Gasteiger partial charge in [-0.15, -0.1) is 0 Å². The highest BCUT2D eigenvalue weighted by Gasteiger charge is 2.20. The zero-order valence-electron chi connectivity index (χ0n) is 67.1. The van der Waals surface area contributed by atoms with Crippen molar-refractivity contribution in [3.05, 3.63) is 437 Å². The Morgan fingerprint density at radius 2 is 0.315 bits per heavy atom. The number of nitrogens with zero attached hydrogens (tertiary/aromatic N) is 8. The molecule has 0 N–H and O–H groups in total. The van der Waals surface area contributed by atoms with Gasteiger partial charge in [0.05, 0.1) is 89.7 Å². The van der Waals surface area contributed by atoms with Crippen molar-refractivity contribution in [2.45, 2.75) is 0 Å². The van der Waals surface area contributed by atoms with Crippen molar-refractivity contribution in [3.8, 4) is 135 Å². The highest BCUT2D eigenvalue weighted by atomic mass is 14.8. The summed E-state index contributed by atoms with van der Waals surface area (Å²) < 4.78 is 0. The molecule has 8 heteroatoms. The molecule has 0 spiro atoms. The van der Waals surface area contributed by atoms with Crippen molar-refractivity contribution >= 4 is 109 Å². The number of hydrogen-bond acceptors (Lipinski definition) is 8. The van der Waals surface area contributed by atoms with Crippen molar-refractivity contribution in [1.82, 2.24) is 39.9 Å². The van der Waals surface area contributed by atoms with Crippen LogP contribution in [-0.2, 0) is 0 Å². The van der Waals surface area contributed by atoms with Crippen molar-refractivity contribution < 1.29 is 0 Å². The summed E-state index contributed by atoms with van der Waals surface area (Å²) in [5, 5.41) is 13.1. The minimum atomic E-state index is 0.896. The second kappa shape index (κ2) is 30.9. The molecular weight excluding hydrogens is 1510 g/mol. The Hall–Kier alpha value is -16.7. The first-order valence-corrected chi connectivity index (χ1v) is 41.9. The van der Waals surface area contributed by atoms with Gasteiger partial charge in [-0.2, -0.15) is 0 Å². The van der Waals surface area contributed by atoms with E-state index in [1.54, 1.807) is 0 Å². The summed E-state index contributed by atoms with van der Waals surface area (Å²) in [6.45, 7) is 0. The lowest BCUT2D eigenvalue weighted by atomic mass is 9.95. The third-order valence-corrected chi connectivity index (χ3v) is 24.1. The molecule has 24 rings (SSSR count). The third kappa shape index (κ3) is 13.7. The highest BCUT2D eigenvalue weighted by molar-refractivity contribution is 6.10. The maximum Gasteiger partial charge on any atom is 0.0972 e. The lowest BCUT2D eigenvalue weighted by Crippen LogP contribution is -1.93. The van der Waals surface area contributed by atoms with Gasteiger partial charge in [-0.25, -0.2) is 39.9 Å². The maximum atomic E-state index is 5.31. The molecule has 8 aromatic heterocycles. The van der Waals surface area contributed by atoms with Gasteiger partial charge in [0.1, 0.15) is 0 Å². The van der Waals surface area contributed by atoms with Crippen LogP contribution in [0, 0.1) is 0 Å². The van der Waals surface area contributed by atoms with Crippen molar-refractivity contribution in [3.63, 3.8) is 0 Å². The zero-order chi connectivity index (χ0) is 82.0. The van der Waals surface area contributed by atoms with Crippen LogP contribution in [0.5, 0.6) is 0 Å². The number of hydrogen-bond donors (Lipinski definition) is 0. The number of pyridine rings is 8. The number of fused-ring (bicyclic) bond motifs is 12. The van der Waals surface area contributed by atoms with E-state index in [4.69, 9.17) is 39.9 Å². The van der Waals surface area contributed by atoms with Crippen molar-refractivity contribution in [2.75, 3.05) is 0 Å². The van der Waals surface area contributed by atoms with E-state index in [2.05, 4.69) is 394 Å². The fourth-order valence-corrected chi connectivity index (χ4v) is 17.6. The molecule has 24 aromatic rings. The monoisotopic (exact) mass is 1580 g/mol. The molecule has 16 aromatic carbocycles. The van der Waals surface area contributed by atoms with Gasteiger partial charge in [0, 0.05) is 87.6 Å². The fourth-order valence-electron chi connectivity index (χ4n) is 17.6. The van der Waals surface area contributed by atoms with Gasteiger partial charge in [-0.3, -0.25) is 0 Å². The Morgan fingerprint density at radius 3 is 0.677 bits per heavy atom. The summed E-state index contributed by atoms with van der Waals surface area (Å²) in [6, 6.07) is 154. The number of benzene rings is 16. The summed E-state index contributed by atoms with van der Waals surface area (Å²) in [7, 11) is 0.